The highest BCUT2D eigenvalue weighted by molar-refractivity contribution is 7.90. The zero-order chi connectivity index (χ0) is 37.0. The van der Waals surface area contributed by atoms with Gasteiger partial charge in [0.15, 0.2) is 0 Å². The lowest BCUT2D eigenvalue weighted by molar-refractivity contribution is -0.140. The number of carbonyl (C=O) groups is 1. The summed E-state index contributed by atoms with van der Waals surface area (Å²) >= 11 is 6.51. The standard InChI is InChI=1S/C41H57ClN4O6S/c1-28-6-4-15-41(50-3,26-44-16-17-45-18-19-51-24-34(45)23-44)36-11-8-32(36)22-46-25-40(14-5-7-30-20-33(42)10-12-35(30)40)27-52-38-13-9-31(21-37(38)46)39(47)43-53(48,49)29(28)2/h9-10,12-13,20-21,28-29,32,34,36H,4-8,11,14-19,22-27H2,1-3H3,(H,43,47)/t28-,29+,32-,34-,36+,40-,41-/m0/s1. The molecule has 1 N–H and O–H groups in total. The highest BCUT2D eigenvalue weighted by Crippen LogP contribution is 2.50. The quantitative estimate of drug-likeness (QED) is 0.434. The van der Waals surface area contributed by atoms with Crippen molar-refractivity contribution in [3.63, 3.8) is 0 Å². The first-order chi connectivity index (χ1) is 25.5. The second-order valence-electron chi connectivity index (χ2n) is 17.1. The van der Waals surface area contributed by atoms with Gasteiger partial charge in [-0.2, -0.15) is 0 Å². The predicted octanol–water partition coefficient (Wildman–Crippen LogP) is 5.51. The molecule has 3 fully saturated rings. The van der Waals surface area contributed by atoms with E-state index in [4.69, 9.17) is 25.8 Å². The SMILES string of the molecule is CO[C@]1(CN2CCN3CCOC[C@@H]3C2)CCC[C@H](C)[C@@H](C)S(=O)(=O)NC(=O)c2ccc3c(c2)N(C[C@@H]2CC[C@H]21)C[C@@]1(CCCc2cc(Cl)ccc21)CO3. The van der Waals surface area contributed by atoms with Crippen molar-refractivity contribution in [3.8, 4) is 5.75 Å². The Bertz CT molecular complexity index is 1800. The van der Waals surface area contributed by atoms with Crippen LogP contribution in [0.1, 0.15) is 80.3 Å². The molecule has 2 bridgehead atoms. The van der Waals surface area contributed by atoms with Crippen LogP contribution in [0.2, 0.25) is 5.02 Å². The van der Waals surface area contributed by atoms with Crippen LogP contribution in [0.25, 0.3) is 0 Å². The van der Waals surface area contributed by atoms with Crippen molar-refractivity contribution in [2.24, 2.45) is 17.8 Å². The number of piperazine rings is 1. The number of nitrogens with one attached hydrogen (secondary N) is 1. The van der Waals surface area contributed by atoms with Crippen LogP contribution in [-0.4, -0.2) is 114 Å². The molecular weight excluding hydrogens is 712 g/mol. The van der Waals surface area contributed by atoms with E-state index in [2.05, 4.69) is 31.6 Å². The molecule has 7 atom stereocenters. The number of sulfonamides is 1. The first kappa shape index (κ1) is 37.5. The largest absolute Gasteiger partial charge is 0.490 e. The minimum atomic E-state index is -3.92. The Labute approximate surface area is 320 Å². The summed E-state index contributed by atoms with van der Waals surface area (Å²) in [5.74, 6) is 0.715. The van der Waals surface area contributed by atoms with E-state index >= 15 is 0 Å². The number of halogens is 1. The van der Waals surface area contributed by atoms with Crippen LogP contribution >= 0.6 is 11.6 Å². The first-order valence-electron chi connectivity index (χ1n) is 20.0. The van der Waals surface area contributed by atoms with Crippen molar-refractivity contribution in [1.29, 1.82) is 0 Å². The van der Waals surface area contributed by atoms with Crippen LogP contribution in [0, 0.1) is 17.8 Å². The number of ether oxygens (including phenoxy) is 3. The highest BCUT2D eigenvalue weighted by Gasteiger charge is 2.51. The lowest BCUT2D eigenvalue weighted by Crippen LogP contribution is -2.63. The Morgan fingerprint density at radius 1 is 1.02 bits per heavy atom. The van der Waals surface area contributed by atoms with E-state index in [1.807, 2.05) is 32.2 Å². The minimum Gasteiger partial charge on any atom is -0.490 e. The van der Waals surface area contributed by atoms with Gasteiger partial charge in [-0.25, -0.2) is 13.1 Å². The molecule has 2 aromatic rings. The molecular formula is C41H57ClN4O6S. The molecule has 1 saturated carbocycles. The summed E-state index contributed by atoms with van der Waals surface area (Å²) < 4.78 is 49.2. The molecule has 10 nitrogen and oxygen atoms in total. The molecule has 0 radical (unpaired) electrons. The maximum Gasteiger partial charge on any atom is 0.264 e. The number of methoxy groups -OCH3 is 1. The van der Waals surface area contributed by atoms with E-state index < -0.39 is 21.2 Å². The average Bonchev–Trinajstić information content (AvgIpc) is 3.28. The summed E-state index contributed by atoms with van der Waals surface area (Å²) in [6, 6.07) is 12.1. The smallest absolute Gasteiger partial charge is 0.264 e. The Hall–Kier alpha value is -2.41. The molecule has 1 spiro atoms. The molecule has 2 saturated heterocycles. The van der Waals surface area contributed by atoms with Crippen molar-refractivity contribution < 1.29 is 27.4 Å². The van der Waals surface area contributed by atoms with E-state index in [1.165, 1.54) is 11.1 Å². The fourth-order valence-corrected chi connectivity index (χ4v) is 12.1. The average molecular weight is 769 g/mol. The summed E-state index contributed by atoms with van der Waals surface area (Å²) in [7, 11) is -2.02. The van der Waals surface area contributed by atoms with Crippen LogP contribution in [0.15, 0.2) is 36.4 Å². The summed E-state index contributed by atoms with van der Waals surface area (Å²) in [5.41, 5.74) is 3.12. The number of rotatable bonds is 3. The third-order valence-corrected chi connectivity index (χ3v) is 16.2. The number of aryl methyl sites for hydroxylation is 1. The molecule has 4 aliphatic heterocycles. The van der Waals surface area contributed by atoms with E-state index in [-0.39, 0.29) is 16.9 Å². The van der Waals surface area contributed by atoms with E-state index in [1.54, 1.807) is 13.0 Å². The van der Waals surface area contributed by atoms with E-state index in [0.717, 1.165) is 127 Å². The van der Waals surface area contributed by atoms with Crippen molar-refractivity contribution in [2.75, 3.05) is 77.6 Å². The van der Waals surface area contributed by atoms with Gasteiger partial charge >= 0.3 is 0 Å². The lowest BCUT2D eigenvalue weighted by Gasteiger charge is -2.54. The van der Waals surface area contributed by atoms with Gasteiger partial charge in [-0.1, -0.05) is 31.0 Å². The number of hydrogen-bond donors (Lipinski definition) is 1. The second kappa shape index (κ2) is 14.9. The molecule has 8 rings (SSSR count). The maximum atomic E-state index is 13.7. The molecule has 2 aliphatic carbocycles. The summed E-state index contributed by atoms with van der Waals surface area (Å²) in [6.07, 6.45) is 7.66. The maximum absolute atomic E-state index is 13.7. The fourth-order valence-electron chi connectivity index (χ4n) is 10.6. The Kier molecular flexibility index (Phi) is 10.6. The van der Waals surface area contributed by atoms with Gasteiger partial charge in [0.2, 0.25) is 10.0 Å². The van der Waals surface area contributed by atoms with Crippen molar-refractivity contribution in [3.05, 3.63) is 58.1 Å². The molecule has 0 aromatic heterocycles. The molecule has 2 aromatic carbocycles. The molecule has 4 heterocycles. The first-order valence-corrected chi connectivity index (χ1v) is 21.9. The van der Waals surface area contributed by atoms with Crippen LogP contribution in [0.5, 0.6) is 5.75 Å². The monoisotopic (exact) mass is 768 g/mol. The Balaban J connectivity index is 1.17. The molecule has 53 heavy (non-hydrogen) atoms. The molecule has 12 heteroatoms. The zero-order valence-corrected chi connectivity index (χ0v) is 33.2. The number of amides is 1. The van der Waals surface area contributed by atoms with E-state index in [9.17, 15) is 13.2 Å². The minimum absolute atomic E-state index is 0.136. The van der Waals surface area contributed by atoms with Gasteiger partial charge in [0.1, 0.15) is 5.75 Å². The van der Waals surface area contributed by atoms with Crippen molar-refractivity contribution in [2.45, 2.75) is 87.5 Å². The molecule has 290 valence electrons. The van der Waals surface area contributed by atoms with E-state index in [0.29, 0.717) is 30.0 Å². The molecule has 0 unspecified atom stereocenters. The number of hydrogen-bond acceptors (Lipinski definition) is 9. The van der Waals surface area contributed by atoms with Crippen LogP contribution in [-0.2, 0) is 31.3 Å². The lowest BCUT2D eigenvalue weighted by atomic mass is 9.62. The molecule has 6 aliphatic rings. The van der Waals surface area contributed by atoms with Crippen molar-refractivity contribution in [1.82, 2.24) is 14.5 Å². The van der Waals surface area contributed by atoms with Gasteiger partial charge in [-0.05, 0) is 111 Å². The number of benzene rings is 2. The second-order valence-corrected chi connectivity index (χ2v) is 19.5. The number of anilines is 1. The number of fused-ring (bicyclic) bond motifs is 5. The Morgan fingerprint density at radius 2 is 1.89 bits per heavy atom. The number of carbonyl (C=O) groups excluding carboxylic acids is 1. The van der Waals surface area contributed by atoms with Crippen LogP contribution in [0.3, 0.4) is 0 Å². The molecule has 1 amide bonds. The van der Waals surface area contributed by atoms with Gasteiger partial charge in [0.05, 0.1) is 36.4 Å². The van der Waals surface area contributed by atoms with Gasteiger partial charge in [-0.15, -0.1) is 0 Å². The fraction of sp³-hybridized carbons (Fsp3) is 0.683. The topological polar surface area (TPSA) is 101 Å². The predicted molar refractivity (Wildman–Crippen MR) is 208 cm³/mol. The van der Waals surface area contributed by atoms with Gasteiger partial charge < -0.3 is 19.1 Å². The van der Waals surface area contributed by atoms with Crippen LogP contribution < -0.4 is 14.4 Å². The van der Waals surface area contributed by atoms with Gasteiger partial charge in [0, 0.05) is 75.0 Å². The van der Waals surface area contributed by atoms with Gasteiger partial charge in [-0.3, -0.25) is 14.6 Å². The number of nitrogens with zero attached hydrogens (tertiary/aromatic N) is 3. The summed E-state index contributed by atoms with van der Waals surface area (Å²) in [5, 5.41) is 0.0242. The summed E-state index contributed by atoms with van der Waals surface area (Å²) in [4.78, 5) is 21.3. The zero-order valence-electron chi connectivity index (χ0n) is 31.7. The van der Waals surface area contributed by atoms with Crippen molar-refractivity contribution >= 4 is 33.2 Å². The number of morpholine rings is 1. The Morgan fingerprint density at radius 3 is 2.70 bits per heavy atom. The normalized spacial score (nSPS) is 35.1. The highest BCUT2D eigenvalue weighted by atomic mass is 35.5. The summed E-state index contributed by atoms with van der Waals surface area (Å²) in [6.45, 7) is 12.2. The van der Waals surface area contributed by atoms with Gasteiger partial charge in [0.25, 0.3) is 5.91 Å². The third kappa shape index (κ3) is 7.24. The van der Waals surface area contributed by atoms with Crippen LogP contribution in [0.4, 0.5) is 5.69 Å². The third-order valence-electron chi connectivity index (χ3n) is 14.1.